The molecule has 0 aliphatic carbocycles. The molecule has 4 rings (SSSR count). The highest BCUT2D eigenvalue weighted by Crippen LogP contribution is 2.35. The molecule has 10 nitrogen and oxygen atoms in total. The average Bonchev–Trinajstić information content (AvgIpc) is 2.91. The number of ether oxygens (including phenoxy) is 2. The van der Waals surface area contributed by atoms with Crippen LogP contribution in [0.4, 0.5) is 11.5 Å². The van der Waals surface area contributed by atoms with Gasteiger partial charge in [0.1, 0.15) is 18.5 Å². The second kappa shape index (κ2) is 13.2. The number of rotatable bonds is 8. The topological polar surface area (TPSA) is 173 Å². The van der Waals surface area contributed by atoms with Crippen molar-refractivity contribution in [3.63, 3.8) is 0 Å². The van der Waals surface area contributed by atoms with E-state index >= 15 is 0 Å². The van der Waals surface area contributed by atoms with Gasteiger partial charge in [0.2, 0.25) is 0 Å². The predicted octanol–water partition coefficient (Wildman–Crippen LogP) is 3.70. The lowest BCUT2D eigenvalue weighted by Crippen LogP contribution is -2.71. The molecular formula is C26H30Cl2N8O2S. The van der Waals surface area contributed by atoms with Crippen LogP contribution < -0.4 is 31.6 Å². The third-order valence-electron chi connectivity index (χ3n) is 5.92. The average molecular weight is 590 g/mol. The Labute approximate surface area is 241 Å². The smallest absolute Gasteiger partial charge is 0.162 e. The quantitative estimate of drug-likeness (QED) is 0.224. The minimum atomic E-state index is -0.488. The number of nitrogens with zero attached hydrogens (tertiary/aromatic N) is 4. The molecule has 0 radical (unpaired) electrons. The second-order valence-electron chi connectivity index (χ2n) is 8.87. The zero-order chi connectivity index (χ0) is 28.7. The minimum absolute atomic E-state index is 0.0450. The van der Waals surface area contributed by atoms with Crippen molar-refractivity contribution >= 4 is 52.2 Å². The molecule has 3 heterocycles. The number of benzene rings is 1. The molecule has 1 fully saturated rings. The van der Waals surface area contributed by atoms with E-state index in [1.165, 1.54) is 25.7 Å². The van der Waals surface area contributed by atoms with Crippen LogP contribution in [-0.2, 0) is 6.61 Å². The second-order valence-corrected chi connectivity index (χ2v) is 10.5. The van der Waals surface area contributed by atoms with E-state index < -0.39 is 5.54 Å². The highest BCUT2D eigenvalue weighted by molar-refractivity contribution is 7.97. The molecule has 0 atom stereocenters. The third-order valence-corrected chi connectivity index (χ3v) is 6.57. The van der Waals surface area contributed by atoms with Crippen molar-refractivity contribution < 1.29 is 9.47 Å². The van der Waals surface area contributed by atoms with Gasteiger partial charge in [-0.25, -0.2) is 4.98 Å². The number of anilines is 2. The van der Waals surface area contributed by atoms with Crippen molar-refractivity contribution in [3.8, 4) is 17.6 Å². The number of thioether (sulfide) groups is 1. The zero-order valence-electron chi connectivity index (χ0n) is 21.8. The van der Waals surface area contributed by atoms with Crippen molar-refractivity contribution in [2.24, 2.45) is 11.5 Å². The van der Waals surface area contributed by atoms with Gasteiger partial charge in [0.25, 0.3) is 0 Å². The van der Waals surface area contributed by atoms with Gasteiger partial charge in [0, 0.05) is 66.7 Å². The Bertz CT molecular complexity index is 1370. The highest BCUT2D eigenvalue weighted by Gasteiger charge is 2.39. The SMILES string of the molecule is COc1cc(N)c(C(=N)c2cnc(N3CC(N)(CN)C3)c(C#N)c2)cc1OCc1c(Cl)cncc1Cl.CSC. The Morgan fingerprint density at radius 3 is 2.38 bits per heavy atom. The number of nitriles is 1. The van der Waals surface area contributed by atoms with Gasteiger partial charge < -0.3 is 31.6 Å². The number of nitrogens with two attached hydrogens (primary N) is 3. The van der Waals surface area contributed by atoms with Crippen LogP contribution in [0, 0.1) is 16.7 Å². The Hall–Kier alpha value is -3.27. The van der Waals surface area contributed by atoms with E-state index in [1.54, 1.807) is 30.0 Å². The lowest BCUT2D eigenvalue weighted by Gasteiger charge is -2.47. The molecule has 0 bridgehead atoms. The van der Waals surface area contributed by atoms with Gasteiger partial charge in [-0.1, -0.05) is 23.2 Å². The molecule has 3 aromatic rings. The number of methoxy groups -OCH3 is 1. The minimum Gasteiger partial charge on any atom is -0.493 e. The Morgan fingerprint density at radius 2 is 1.82 bits per heavy atom. The summed E-state index contributed by atoms with van der Waals surface area (Å²) in [5.74, 6) is 1.21. The maximum atomic E-state index is 9.71. The number of nitrogen functional groups attached to an aromatic ring is 1. The molecule has 7 N–H and O–H groups in total. The first kappa shape index (κ1) is 30.3. The van der Waals surface area contributed by atoms with E-state index in [2.05, 4.69) is 16.0 Å². The molecule has 2 aromatic heterocycles. The molecule has 13 heteroatoms. The number of nitrogens with one attached hydrogen (secondary N) is 1. The van der Waals surface area contributed by atoms with Crippen LogP contribution in [-0.4, -0.2) is 60.5 Å². The number of aromatic nitrogens is 2. The first-order valence-electron chi connectivity index (χ1n) is 11.6. The third kappa shape index (κ3) is 6.84. The fourth-order valence-corrected chi connectivity index (χ4v) is 4.34. The van der Waals surface area contributed by atoms with Gasteiger partial charge in [0.15, 0.2) is 11.5 Å². The Kier molecular flexibility index (Phi) is 10.2. The first-order chi connectivity index (χ1) is 18.6. The summed E-state index contributed by atoms with van der Waals surface area (Å²) in [6.07, 6.45) is 8.55. The highest BCUT2D eigenvalue weighted by atomic mass is 35.5. The predicted molar refractivity (Wildman–Crippen MR) is 159 cm³/mol. The van der Waals surface area contributed by atoms with Gasteiger partial charge in [-0.2, -0.15) is 17.0 Å². The largest absolute Gasteiger partial charge is 0.493 e. The number of pyridine rings is 2. The standard InChI is InChI=1S/C24H24Cl2N8O2.C2H6S/c1-35-20-4-19(29)15(3-21(20)36-9-16-17(25)7-32-8-18(16)26)22(30)14-2-13(5-27)23(33-6-14)34-11-24(31,10-28)12-34;1-3-2/h2-4,6-8,30H,9-12,28-29,31H2,1H3;1-2H3. The molecule has 206 valence electrons. The first-order valence-corrected chi connectivity index (χ1v) is 14.0. The van der Waals surface area contributed by atoms with Crippen LogP contribution in [0.5, 0.6) is 11.5 Å². The van der Waals surface area contributed by atoms with Crippen molar-refractivity contribution in [2.45, 2.75) is 12.1 Å². The summed E-state index contributed by atoms with van der Waals surface area (Å²) in [5.41, 5.74) is 19.6. The zero-order valence-corrected chi connectivity index (χ0v) is 24.1. The normalized spacial score (nSPS) is 13.4. The number of hydrogen-bond acceptors (Lipinski definition) is 11. The molecule has 1 aliphatic rings. The molecule has 1 saturated heterocycles. The lowest BCUT2D eigenvalue weighted by atomic mass is 9.90. The molecule has 0 unspecified atom stereocenters. The number of halogens is 2. The van der Waals surface area contributed by atoms with Gasteiger partial charge in [0.05, 0.1) is 34.0 Å². The van der Waals surface area contributed by atoms with E-state index in [1.807, 2.05) is 17.4 Å². The van der Waals surface area contributed by atoms with Crippen LogP contribution in [0.2, 0.25) is 10.0 Å². The number of hydrogen-bond donors (Lipinski definition) is 4. The summed E-state index contributed by atoms with van der Waals surface area (Å²) in [6, 6.07) is 6.91. The monoisotopic (exact) mass is 588 g/mol. The van der Waals surface area contributed by atoms with Crippen LogP contribution in [0.3, 0.4) is 0 Å². The maximum absolute atomic E-state index is 9.71. The van der Waals surface area contributed by atoms with Gasteiger partial charge in [-0.15, -0.1) is 0 Å². The summed E-state index contributed by atoms with van der Waals surface area (Å²) >= 11 is 14.1. The van der Waals surface area contributed by atoms with E-state index in [9.17, 15) is 5.26 Å². The summed E-state index contributed by atoms with van der Waals surface area (Å²) in [7, 11) is 1.48. The Balaban J connectivity index is 0.00000134. The van der Waals surface area contributed by atoms with Crippen molar-refractivity contribution in [3.05, 3.63) is 69.1 Å². The van der Waals surface area contributed by atoms with Crippen LogP contribution in [0.25, 0.3) is 0 Å². The van der Waals surface area contributed by atoms with Crippen LogP contribution in [0.1, 0.15) is 22.3 Å². The molecule has 0 spiro atoms. The van der Waals surface area contributed by atoms with E-state index in [0.717, 1.165) is 0 Å². The summed E-state index contributed by atoms with van der Waals surface area (Å²) < 4.78 is 11.3. The van der Waals surface area contributed by atoms with Gasteiger partial charge in [-0.3, -0.25) is 10.4 Å². The van der Waals surface area contributed by atoms with Crippen molar-refractivity contribution in [2.75, 3.05) is 49.9 Å². The summed E-state index contributed by atoms with van der Waals surface area (Å²) in [6.45, 7) is 1.39. The van der Waals surface area contributed by atoms with Crippen LogP contribution in [0.15, 0.2) is 36.8 Å². The van der Waals surface area contributed by atoms with Gasteiger partial charge >= 0.3 is 0 Å². The van der Waals surface area contributed by atoms with Crippen molar-refractivity contribution in [1.29, 1.82) is 10.7 Å². The van der Waals surface area contributed by atoms with E-state index in [0.29, 0.717) is 74.9 Å². The van der Waals surface area contributed by atoms with Crippen molar-refractivity contribution in [1.82, 2.24) is 9.97 Å². The molecule has 0 amide bonds. The molecular weight excluding hydrogens is 559 g/mol. The van der Waals surface area contributed by atoms with Gasteiger partial charge in [-0.05, 0) is 24.6 Å². The molecule has 0 saturated carbocycles. The Morgan fingerprint density at radius 1 is 1.18 bits per heavy atom. The maximum Gasteiger partial charge on any atom is 0.162 e. The van der Waals surface area contributed by atoms with E-state index in [4.69, 9.17) is 55.3 Å². The van der Waals surface area contributed by atoms with E-state index in [-0.39, 0.29) is 12.3 Å². The van der Waals surface area contributed by atoms with Crippen LogP contribution >= 0.6 is 35.0 Å². The molecule has 39 heavy (non-hydrogen) atoms. The summed E-state index contributed by atoms with van der Waals surface area (Å²) in [5, 5.41) is 19.2. The lowest BCUT2D eigenvalue weighted by molar-refractivity contribution is 0.284. The molecule has 1 aliphatic heterocycles. The summed E-state index contributed by atoms with van der Waals surface area (Å²) in [4.78, 5) is 10.3. The fraction of sp³-hybridized carbons (Fsp3) is 0.308. The molecule has 1 aromatic carbocycles. The fourth-order valence-electron chi connectivity index (χ4n) is 3.87.